The molecule has 0 saturated heterocycles. The Morgan fingerprint density at radius 2 is 1.28 bits per heavy atom. The molecule has 0 unspecified atom stereocenters. The summed E-state index contributed by atoms with van der Waals surface area (Å²) >= 11 is 0. The van der Waals surface area contributed by atoms with Gasteiger partial charge >= 0.3 is 0 Å². The predicted molar refractivity (Wildman–Crippen MR) is 112 cm³/mol. The highest BCUT2D eigenvalue weighted by atomic mass is 16.5. The molecule has 0 aliphatic rings. The lowest BCUT2D eigenvalue weighted by atomic mass is 10.1. The second-order valence-corrected chi connectivity index (χ2v) is 6.57. The SMILES string of the molecule is O=C(CCc1ccccc1)NNC(=O)c1ccccc1OCCc1ccccc1. The number of rotatable bonds is 8. The van der Waals surface area contributed by atoms with Gasteiger partial charge in [0.15, 0.2) is 0 Å². The second kappa shape index (κ2) is 10.7. The van der Waals surface area contributed by atoms with Gasteiger partial charge < -0.3 is 4.74 Å². The minimum Gasteiger partial charge on any atom is -0.492 e. The molecular weight excluding hydrogens is 364 g/mol. The Morgan fingerprint density at radius 1 is 0.690 bits per heavy atom. The lowest BCUT2D eigenvalue weighted by Gasteiger charge is -2.12. The molecule has 2 N–H and O–H groups in total. The molecule has 0 atom stereocenters. The number of carbonyl (C=O) groups excluding carboxylic acids is 2. The number of carbonyl (C=O) groups is 2. The van der Waals surface area contributed by atoms with Crippen molar-refractivity contribution in [1.29, 1.82) is 0 Å². The van der Waals surface area contributed by atoms with Crippen LogP contribution >= 0.6 is 0 Å². The first-order chi connectivity index (χ1) is 14.2. The third kappa shape index (κ3) is 6.50. The molecule has 0 aromatic heterocycles. The fraction of sp³-hybridized carbons (Fsp3) is 0.167. The number of benzene rings is 3. The molecular formula is C24H24N2O3. The van der Waals surface area contributed by atoms with E-state index in [0.717, 1.165) is 12.0 Å². The van der Waals surface area contributed by atoms with Crippen LogP contribution in [0.5, 0.6) is 5.75 Å². The number of nitrogens with one attached hydrogen (secondary N) is 2. The Balaban J connectivity index is 1.48. The Kier molecular flexibility index (Phi) is 7.41. The van der Waals surface area contributed by atoms with Crippen molar-refractivity contribution in [3.05, 3.63) is 102 Å². The molecule has 0 aliphatic heterocycles. The van der Waals surface area contributed by atoms with Crippen molar-refractivity contribution in [2.45, 2.75) is 19.3 Å². The van der Waals surface area contributed by atoms with Crippen LogP contribution in [0.4, 0.5) is 0 Å². The van der Waals surface area contributed by atoms with E-state index in [9.17, 15) is 9.59 Å². The highest BCUT2D eigenvalue weighted by Crippen LogP contribution is 2.18. The van der Waals surface area contributed by atoms with Crippen molar-refractivity contribution in [2.75, 3.05) is 6.61 Å². The molecule has 5 heteroatoms. The van der Waals surface area contributed by atoms with E-state index in [1.54, 1.807) is 18.2 Å². The lowest BCUT2D eigenvalue weighted by molar-refractivity contribution is -0.121. The molecule has 148 valence electrons. The zero-order valence-electron chi connectivity index (χ0n) is 16.1. The van der Waals surface area contributed by atoms with E-state index in [-0.39, 0.29) is 5.91 Å². The third-order valence-corrected chi connectivity index (χ3v) is 4.42. The molecule has 0 radical (unpaired) electrons. The molecule has 0 heterocycles. The van der Waals surface area contributed by atoms with Crippen LogP contribution in [0.3, 0.4) is 0 Å². The molecule has 0 bridgehead atoms. The summed E-state index contributed by atoms with van der Waals surface area (Å²) in [6.07, 6.45) is 1.65. The van der Waals surface area contributed by atoms with E-state index in [2.05, 4.69) is 10.9 Å². The Hall–Kier alpha value is -3.60. The summed E-state index contributed by atoms with van der Waals surface area (Å²) in [7, 11) is 0. The zero-order valence-corrected chi connectivity index (χ0v) is 16.1. The standard InChI is InChI=1S/C24H24N2O3/c27-23(16-15-19-9-3-1-4-10-19)25-26-24(28)21-13-7-8-14-22(21)29-18-17-20-11-5-2-6-12-20/h1-14H,15-18H2,(H,25,27)(H,26,28). The van der Waals surface area contributed by atoms with Gasteiger partial charge in [-0.1, -0.05) is 72.8 Å². The molecule has 0 spiro atoms. The van der Waals surface area contributed by atoms with Crippen molar-refractivity contribution >= 4 is 11.8 Å². The highest BCUT2D eigenvalue weighted by molar-refractivity contribution is 5.97. The van der Waals surface area contributed by atoms with E-state index in [1.807, 2.05) is 66.7 Å². The molecule has 5 nitrogen and oxygen atoms in total. The summed E-state index contributed by atoms with van der Waals surface area (Å²) in [5.74, 6) is -0.169. The summed E-state index contributed by atoms with van der Waals surface area (Å²) < 4.78 is 5.80. The van der Waals surface area contributed by atoms with E-state index in [1.165, 1.54) is 5.56 Å². The van der Waals surface area contributed by atoms with E-state index in [4.69, 9.17) is 4.74 Å². The number of hydrogen-bond donors (Lipinski definition) is 2. The van der Waals surface area contributed by atoms with Crippen LogP contribution in [-0.2, 0) is 17.6 Å². The fourth-order valence-electron chi connectivity index (χ4n) is 2.86. The summed E-state index contributed by atoms with van der Waals surface area (Å²) in [4.78, 5) is 24.5. The second-order valence-electron chi connectivity index (χ2n) is 6.57. The monoisotopic (exact) mass is 388 g/mol. The van der Waals surface area contributed by atoms with Crippen molar-refractivity contribution < 1.29 is 14.3 Å². The molecule has 2 amide bonds. The van der Waals surface area contributed by atoms with Crippen LogP contribution in [0, 0.1) is 0 Å². The van der Waals surface area contributed by atoms with Crippen LogP contribution in [0.2, 0.25) is 0 Å². The van der Waals surface area contributed by atoms with Gasteiger partial charge in [-0.25, -0.2) is 0 Å². The maximum Gasteiger partial charge on any atom is 0.273 e. The van der Waals surface area contributed by atoms with Crippen LogP contribution in [-0.4, -0.2) is 18.4 Å². The maximum atomic E-state index is 12.5. The fourth-order valence-corrected chi connectivity index (χ4v) is 2.86. The summed E-state index contributed by atoms with van der Waals surface area (Å²) in [5.41, 5.74) is 7.55. The van der Waals surface area contributed by atoms with Crippen LogP contribution in [0.15, 0.2) is 84.9 Å². The number of aryl methyl sites for hydroxylation is 1. The van der Waals surface area contributed by atoms with Gasteiger partial charge in [0, 0.05) is 12.8 Å². The van der Waals surface area contributed by atoms with Gasteiger partial charge in [-0.15, -0.1) is 0 Å². The molecule has 3 aromatic carbocycles. The van der Waals surface area contributed by atoms with Crippen LogP contribution in [0.1, 0.15) is 27.9 Å². The zero-order chi connectivity index (χ0) is 20.3. The largest absolute Gasteiger partial charge is 0.492 e. The quantitative estimate of drug-likeness (QED) is 0.578. The van der Waals surface area contributed by atoms with Crippen LogP contribution < -0.4 is 15.6 Å². The van der Waals surface area contributed by atoms with Crippen LogP contribution in [0.25, 0.3) is 0 Å². The lowest BCUT2D eigenvalue weighted by Crippen LogP contribution is -2.41. The van der Waals surface area contributed by atoms with E-state index < -0.39 is 5.91 Å². The van der Waals surface area contributed by atoms with Gasteiger partial charge in [0.25, 0.3) is 5.91 Å². The number of ether oxygens (including phenoxy) is 1. The molecule has 3 aromatic rings. The number of hydrogen-bond acceptors (Lipinski definition) is 3. The molecule has 0 aliphatic carbocycles. The molecule has 0 saturated carbocycles. The number of para-hydroxylation sites is 1. The smallest absolute Gasteiger partial charge is 0.273 e. The Bertz CT molecular complexity index is 927. The minimum atomic E-state index is -0.409. The Morgan fingerprint density at radius 3 is 1.97 bits per heavy atom. The van der Waals surface area contributed by atoms with Gasteiger partial charge in [-0.05, 0) is 29.7 Å². The summed E-state index contributed by atoms with van der Waals surface area (Å²) in [6.45, 7) is 0.456. The normalized spacial score (nSPS) is 10.2. The average molecular weight is 388 g/mol. The number of amides is 2. The van der Waals surface area contributed by atoms with Gasteiger partial charge in [0.05, 0.1) is 12.2 Å². The van der Waals surface area contributed by atoms with Crippen molar-refractivity contribution in [2.24, 2.45) is 0 Å². The van der Waals surface area contributed by atoms with Crippen molar-refractivity contribution in [3.8, 4) is 5.75 Å². The number of hydrazine groups is 1. The molecule has 29 heavy (non-hydrogen) atoms. The molecule has 0 fully saturated rings. The van der Waals surface area contributed by atoms with Crippen molar-refractivity contribution in [3.63, 3.8) is 0 Å². The predicted octanol–water partition coefficient (Wildman–Crippen LogP) is 3.70. The summed E-state index contributed by atoms with van der Waals surface area (Å²) in [5, 5.41) is 0. The summed E-state index contributed by atoms with van der Waals surface area (Å²) in [6, 6.07) is 26.7. The highest BCUT2D eigenvalue weighted by Gasteiger charge is 2.13. The van der Waals surface area contributed by atoms with E-state index in [0.29, 0.717) is 30.8 Å². The minimum absolute atomic E-state index is 0.246. The van der Waals surface area contributed by atoms with Gasteiger partial charge in [0.2, 0.25) is 5.91 Å². The third-order valence-electron chi connectivity index (χ3n) is 4.42. The molecule has 3 rings (SSSR count). The first-order valence-electron chi connectivity index (χ1n) is 9.61. The van der Waals surface area contributed by atoms with Gasteiger partial charge in [-0.2, -0.15) is 0 Å². The van der Waals surface area contributed by atoms with E-state index >= 15 is 0 Å². The van der Waals surface area contributed by atoms with Gasteiger partial charge in [0.1, 0.15) is 5.75 Å². The average Bonchev–Trinajstić information content (AvgIpc) is 2.78. The Labute approximate surface area is 170 Å². The maximum absolute atomic E-state index is 12.5. The first-order valence-corrected chi connectivity index (χ1v) is 9.61. The topological polar surface area (TPSA) is 67.4 Å². The first kappa shape index (κ1) is 20.1. The van der Waals surface area contributed by atoms with Crippen molar-refractivity contribution in [1.82, 2.24) is 10.9 Å². The van der Waals surface area contributed by atoms with Gasteiger partial charge in [-0.3, -0.25) is 20.4 Å².